The van der Waals surface area contributed by atoms with Gasteiger partial charge >= 0.3 is 0 Å². The number of aromatic nitrogens is 1. The van der Waals surface area contributed by atoms with Crippen molar-refractivity contribution in [2.45, 2.75) is 37.8 Å². The monoisotopic (exact) mass is 289 g/mol. The fraction of sp³-hybridized carbons (Fsp3) is 0.533. The Labute approximate surface area is 123 Å². The van der Waals surface area contributed by atoms with Crippen LogP contribution < -0.4 is 10.6 Å². The average molecular weight is 289 g/mol. The third-order valence-corrected chi connectivity index (χ3v) is 3.64. The molecule has 1 aromatic heterocycles. The quantitative estimate of drug-likeness (QED) is 0.843. The van der Waals surface area contributed by atoms with E-state index in [4.69, 9.17) is 4.74 Å². The van der Waals surface area contributed by atoms with Crippen molar-refractivity contribution in [1.29, 1.82) is 0 Å². The van der Waals surface area contributed by atoms with E-state index in [-0.39, 0.29) is 35.3 Å². The summed E-state index contributed by atoms with van der Waals surface area (Å²) >= 11 is 0. The highest BCUT2D eigenvalue weighted by molar-refractivity contribution is 5.96. The van der Waals surface area contributed by atoms with Gasteiger partial charge in [0.05, 0.1) is 6.10 Å². The average Bonchev–Trinajstić information content (AvgIpc) is 3.16. The Bertz CT molecular complexity index is 537. The maximum atomic E-state index is 12.0. The predicted octanol–water partition coefficient (Wildman–Crippen LogP) is 0.883. The summed E-state index contributed by atoms with van der Waals surface area (Å²) in [5.74, 6) is -0.488. The first kappa shape index (κ1) is 14.0. The molecule has 0 radical (unpaired) electrons. The molecule has 2 aliphatic rings. The molecule has 2 heterocycles. The van der Waals surface area contributed by atoms with Crippen LogP contribution in [0, 0.1) is 0 Å². The number of amides is 2. The molecule has 2 amide bonds. The Morgan fingerprint density at radius 3 is 2.62 bits per heavy atom. The van der Waals surface area contributed by atoms with E-state index in [0.717, 1.165) is 32.3 Å². The molecule has 3 rings (SSSR count). The summed E-state index contributed by atoms with van der Waals surface area (Å²) in [7, 11) is 0. The number of carbonyl (C=O) groups is 2. The van der Waals surface area contributed by atoms with Crippen molar-refractivity contribution in [3.05, 3.63) is 29.6 Å². The van der Waals surface area contributed by atoms with Crippen LogP contribution in [0.25, 0.3) is 0 Å². The van der Waals surface area contributed by atoms with Crippen molar-refractivity contribution >= 4 is 11.8 Å². The van der Waals surface area contributed by atoms with Gasteiger partial charge in [0.1, 0.15) is 11.4 Å². The van der Waals surface area contributed by atoms with Gasteiger partial charge in [-0.25, -0.2) is 4.98 Å². The van der Waals surface area contributed by atoms with Crippen molar-refractivity contribution in [3.63, 3.8) is 0 Å². The SMILES string of the molecule is O=C(NCC1CCCO1)c1cccc(C(=O)NC2CC2)n1. The number of hydrogen-bond donors (Lipinski definition) is 2. The van der Waals surface area contributed by atoms with Crippen LogP contribution in [0.5, 0.6) is 0 Å². The van der Waals surface area contributed by atoms with Gasteiger partial charge in [-0.1, -0.05) is 6.07 Å². The smallest absolute Gasteiger partial charge is 0.270 e. The van der Waals surface area contributed by atoms with Crippen LogP contribution in [0.3, 0.4) is 0 Å². The zero-order valence-electron chi connectivity index (χ0n) is 11.8. The molecule has 0 spiro atoms. The molecule has 1 aliphatic heterocycles. The minimum Gasteiger partial charge on any atom is -0.376 e. The fourth-order valence-corrected chi connectivity index (χ4v) is 2.28. The van der Waals surface area contributed by atoms with Crippen LogP contribution in [0.4, 0.5) is 0 Å². The fourth-order valence-electron chi connectivity index (χ4n) is 2.28. The van der Waals surface area contributed by atoms with Gasteiger partial charge in [-0.2, -0.15) is 0 Å². The van der Waals surface area contributed by atoms with Gasteiger partial charge in [-0.3, -0.25) is 9.59 Å². The lowest BCUT2D eigenvalue weighted by Crippen LogP contribution is -2.33. The summed E-state index contributed by atoms with van der Waals surface area (Å²) in [6.07, 6.45) is 4.14. The number of hydrogen-bond acceptors (Lipinski definition) is 4. The topological polar surface area (TPSA) is 80.3 Å². The predicted molar refractivity (Wildman–Crippen MR) is 76.0 cm³/mol. The highest BCUT2D eigenvalue weighted by Gasteiger charge is 2.24. The minimum absolute atomic E-state index is 0.0929. The molecule has 1 aromatic rings. The zero-order chi connectivity index (χ0) is 14.7. The number of nitrogens with zero attached hydrogens (tertiary/aromatic N) is 1. The summed E-state index contributed by atoms with van der Waals surface area (Å²) in [5, 5.41) is 5.66. The van der Waals surface area contributed by atoms with E-state index < -0.39 is 0 Å². The van der Waals surface area contributed by atoms with Crippen molar-refractivity contribution in [2.24, 2.45) is 0 Å². The number of nitrogens with one attached hydrogen (secondary N) is 2. The third kappa shape index (κ3) is 3.78. The number of pyridine rings is 1. The van der Waals surface area contributed by atoms with E-state index in [1.54, 1.807) is 18.2 Å². The first-order chi connectivity index (χ1) is 10.2. The van der Waals surface area contributed by atoms with E-state index >= 15 is 0 Å². The van der Waals surface area contributed by atoms with E-state index in [1.807, 2.05) is 0 Å². The Hall–Kier alpha value is -1.95. The Morgan fingerprint density at radius 2 is 1.95 bits per heavy atom. The lowest BCUT2D eigenvalue weighted by Gasteiger charge is -2.10. The number of ether oxygens (including phenoxy) is 1. The van der Waals surface area contributed by atoms with Gasteiger partial charge in [0.2, 0.25) is 0 Å². The molecule has 2 N–H and O–H groups in total. The maximum Gasteiger partial charge on any atom is 0.270 e. The minimum atomic E-state index is -0.272. The van der Waals surface area contributed by atoms with Gasteiger partial charge in [0.15, 0.2) is 0 Å². The zero-order valence-corrected chi connectivity index (χ0v) is 11.8. The van der Waals surface area contributed by atoms with Gasteiger partial charge in [-0.15, -0.1) is 0 Å². The normalized spacial score (nSPS) is 21.0. The lowest BCUT2D eigenvalue weighted by molar-refractivity contribution is 0.0853. The summed E-state index contributed by atoms with van der Waals surface area (Å²) in [6, 6.07) is 5.18. The largest absolute Gasteiger partial charge is 0.376 e. The molecule has 1 saturated carbocycles. The van der Waals surface area contributed by atoms with Crippen LogP contribution in [-0.2, 0) is 4.74 Å². The van der Waals surface area contributed by atoms with Crippen molar-refractivity contribution in [1.82, 2.24) is 15.6 Å². The Morgan fingerprint density at radius 1 is 1.19 bits per heavy atom. The first-order valence-corrected chi connectivity index (χ1v) is 7.40. The Kier molecular flexibility index (Phi) is 4.15. The van der Waals surface area contributed by atoms with Crippen molar-refractivity contribution in [2.75, 3.05) is 13.2 Å². The second-order valence-corrected chi connectivity index (χ2v) is 5.50. The highest BCUT2D eigenvalue weighted by atomic mass is 16.5. The molecular weight excluding hydrogens is 270 g/mol. The van der Waals surface area contributed by atoms with Crippen LogP contribution in [0.1, 0.15) is 46.7 Å². The van der Waals surface area contributed by atoms with Gasteiger partial charge in [-0.05, 0) is 37.8 Å². The molecular formula is C15H19N3O3. The van der Waals surface area contributed by atoms with E-state index in [2.05, 4.69) is 15.6 Å². The van der Waals surface area contributed by atoms with Crippen LogP contribution >= 0.6 is 0 Å². The molecule has 1 atom stereocenters. The second-order valence-electron chi connectivity index (χ2n) is 5.50. The standard InChI is InChI=1S/C15H19N3O3/c19-14(16-9-11-3-2-8-21-11)12-4-1-5-13(18-12)15(20)17-10-6-7-10/h1,4-5,10-11H,2-3,6-9H2,(H,16,19)(H,17,20). The number of carbonyl (C=O) groups excluding carboxylic acids is 2. The molecule has 1 aliphatic carbocycles. The molecule has 1 saturated heterocycles. The summed E-state index contributed by atoms with van der Waals surface area (Å²) in [4.78, 5) is 28.1. The van der Waals surface area contributed by atoms with Gasteiger partial charge < -0.3 is 15.4 Å². The molecule has 6 nitrogen and oxygen atoms in total. The molecule has 112 valence electrons. The molecule has 0 bridgehead atoms. The molecule has 0 aromatic carbocycles. The van der Waals surface area contributed by atoms with Crippen LogP contribution in [0.2, 0.25) is 0 Å². The Balaban J connectivity index is 1.58. The van der Waals surface area contributed by atoms with Gasteiger partial charge in [0.25, 0.3) is 11.8 Å². The van der Waals surface area contributed by atoms with Crippen LogP contribution in [-0.4, -0.2) is 42.1 Å². The lowest BCUT2D eigenvalue weighted by atomic mass is 10.2. The summed E-state index contributed by atoms with van der Waals surface area (Å²) in [6.45, 7) is 1.24. The first-order valence-electron chi connectivity index (χ1n) is 7.40. The highest BCUT2D eigenvalue weighted by Crippen LogP contribution is 2.19. The van der Waals surface area contributed by atoms with E-state index in [9.17, 15) is 9.59 Å². The van der Waals surface area contributed by atoms with Gasteiger partial charge in [0, 0.05) is 19.2 Å². The van der Waals surface area contributed by atoms with E-state index in [1.165, 1.54) is 0 Å². The van der Waals surface area contributed by atoms with Crippen molar-refractivity contribution in [3.8, 4) is 0 Å². The van der Waals surface area contributed by atoms with Crippen molar-refractivity contribution < 1.29 is 14.3 Å². The second kappa shape index (κ2) is 6.22. The van der Waals surface area contributed by atoms with E-state index in [0.29, 0.717) is 6.54 Å². The number of rotatable bonds is 5. The molecule has 21 heavy (non-hydrogen) atoms. The third-order valence-electron chi connectivity index (χ3n) is 3.64. The molecule has 2 fully saturated rings. The molecule has 6 heteroatoms. The summed E-state index contributed by atoms with van der Waals surface area (Å²) < 4.78 is 5.45. The molecule has 1 unspecified atom stereocenters. The summed E-state index contributed by atoms with van der Waals surface area (Å²) in [5.41, 5.74) is 0.545. The van der Waals surface area contributed by atoms with Crippen LogP contribution in [0.15, 0.2) is 18.2 Å². The maximum absolute atomic E-state index is 12.0.